The van der Waals surface area contributed by atoms with Gasteiger partial charge in [0, 0.05) is 0 Å². The van der Waals surface area contributed by atoms with Crippen molar-refractivity contribution in [1.82, 2.24) is 5.32 Å². The lowest BCUT2D eigenvalue weighted by Crippen LogP contribution is -2.29. The van der Waals surface area contributed by atoms with Gasteiger partial charge in [-0.3, -0.25) is 4.79 Å². The van der Waals surface area contributed by atoms with E-state index in [0.29, 0.717) is 6.42 Å². The predicted molar refractivity (Wildman–Crippen MR) is 93.8 cm³/mol. The highest BCUT2D eigenvalue weighted by Crippen LogP contribution is 2.20. The molecule has 0 aliphatic rings. The Labute approximate surface area is 138 Å². The summed E-state index contributed by atoms with van der Waals surface area (Å²) in [5, 5.41) is 3.13. The van der Waals surface area contributed by atoms with Gasteiger partial charge >= 0.3 is 0 Å². The van der Waals surface area contributed by atoms with Crippen LogP contribution >= 0.6 is 0 Å². The molecule has 0 bridgehead atoms. The zero-order chi connectivity index (χ0) is 16.8. The minimum atomic E-state index is 0.0435. The van der Waals surface area contributed by atoms with Gasteiger partial charge in [-0.05, 0) is 43.0 Å². The van der Waals surface area contributed by atoms with Crippen LogP contribution in [0.1, 0.15) is 41.6 Å². The van der Waals surface area contributed by atoms with E-state index in [1.165, 1.54) is 5.56 Å². The van der Waals surface area contributed by atoms with E-state index in [1.54, 1.807) is 7.11 Å². The summed E-state index contributed by atoms with van der Waals surface area (Å²) in [6.07, 6.45) is 1.25. The van der Waals surface area contributed by atoms with E-state index < -0.39 is 0 Å². The largest absolute Gasteiger partial charge is 0.496 e. The van der Waals surface area contributed by atoms with Crippen LogP contribution in [-0.2, 0) is 11.2 Å². The predicted octanol–water partition coefficient (Wildman–Crippen LogP) is 4.12. The number of aryl methyl sites for hydroxylation is 2. The second-order valence-electron chi connectivity index (χ2n) is 5.92. The molecule has 0 aliphatic heterocycles. The smallest absolute Gasteiger partial charge is 0.224 e. The van der Waals surface area contributed by atoms with Crippen molar-refractivity contribution >= 4 is 5.91 Å². The van der Waals surface area contributed by atoms with Gasteiger partial charge < -0.3 is 10.1 Å². The highest BCUT2D eigenvalue weighted by Gasteiger charge is 2.13. The van der Waals surface area contributed by atoms with Crippen LogP contribution < -0.4 is 10.1 Å². The first-order chi connectivity index (χ1) is 11.0. The van der Waals surface area contributed by atoms with Gasteiger partial charge in [0.1, 0.15) is 5.75 Å². The van der Waals surface area contributed by atoms with E-state index in [-0.39, 0.29) is 11.9 Å². The molecule has 1 amide bonds. The summed E-state index contributed by atoms with van der Waals surface area (Å²) in [4.78, 5) is 12.3. The Morgan fingerprint density at radius 3 is 2.39 bits per heavy atom. The highest BCUT2D eigenvalue weighted by atomic mass is 16.5. The average molecular weight is 311 g/mol. The van der Waals surface area contributed by atoms with Gasteiger partial charge in [0.25, 0.3) is 0 Å². The van der Waals surface area contributed by atoms with Crippen molar-refractivity contribution in [3.05, 3.63) is 64.7 Å². The molecule has 2 rings (SSSR count). The number of hydrogen-bond acceptors (Lipinski definition) is 2. The lowest BCUT2D eigenvalue weighted by atomic mass is 10.0. The highest BCUT2D eigenvalue weighted by molar-refractivity contribution is 5.79. The number of carbonyl (C=O) groups is 1. The fraction of sp³-hybridized carbons (Fsp3) is 0.350. The van der Waals surface area contributed by atoms with Crippen molar-refractivity contribution in [2.75, 3.05) is 7.11 Å². The first-order valence-electron chi connectivity index (χ1n) is 8.03. The number of benzene rings is 2. The van der Waals surface area contributed by atoms with Crippen molar-refractivity contribution in [2.45, 2.75) is 39.7 Å². The van der Waals surface area contributed by atoms with Gasteiger partial charge in [-0.15, -0.1) is 0 Å². The van der Waals surface area contributed by atoms with Crippen LogP contribution in [0.4, 0.5) is 0 Å². The Morgan fingerprint density at radius 1 is 1.13 bits per heavy atom. The number of ether oxygens (including phenoxy) is 1. The summed E-state index contributed by atoms with van der Waals surface area (Å²) < 4.78 is 5.25. The Kier molecular flexibility index (Phi) is 5.80. The Balaban J connectivity index is 2.02. The summed E-state index contributed by atoms with van der Waals surface area (Å²) >= 11 is 0. The number of carbonyl (C=O) groups excluding carboxylic acids is 1. The fourth-order valence-electron chi connectivity index (χ4n) is 2.70. The summed E-state index contributed by atoms with van der Waals surface area (Å²) in [5.74, 6) is 0.891. The van der Waals surface area contributed by atoms with Crippen molar-refractivity contribution in [3.63, 3.8) is 0 Å². The topological polar surface area (TPSA) is 38.3 Å². The van der Waals surface area contributed by atoms with Crippen LogP contribution in [0.15, 0.2) is 42.5 Å². The molecule has 0 saturated heterocycles. The second kappa shape index (κ2) is 7.82. The maximum Gasteiger partial charge on any atom is 0.224 e. The molecule has 122 valence electrons. The summed E-state index contributed by atoms with van der Waals surface area (Å²) in [6.45, 7) is 6.14. The molecule has 0 aromatic heterocycles. The van der Waals surface area contributed by atoms with E-state index >= 15 is 0 Å². The van der Waals surface area contributed by atoms with E-state index in [9.17, 15) is 4.79 Å². The fourth-order valence-corrected chi connectivity index (χ4v) is 2.70. The summed E-state index contributed by atoms with van der Waals surface area (Å²) in [7, 11) is 1.65. The van der Waals surface area contributed by atoms with Crippen molar-refractivity contribution in [2.24, 2.45) is 0 Å². The molecule has 0 saturated carbocycles. The minimum Gasteiger partial charge on any atom is -0.496 e. The van der Waals surface area contributed by atoms with Gasteiger partial charge in [0.2, 0.25) is 5.91 Å². The molecule has 0 fully saturated rings. The summed E-state index contributed by atoms with van der Waals surface area (Å²) in [6, 6.07) is 14.2. The molecule has 1 N–H and O–H groups in total. The number of methoxy groups -OCH3 is 1. The summed E-state index contributed by atoms with van der Waals surface area (Å²) in [5.41, 5.74) is 4.42. The molecule has 23 heavy (non-hydrogen) atoms. The third kappa shape index (κ3) is 4.59. The zero-order valence-electron chi connectivity index (χ0n) is 14.3. The quantitative estimate of drug-likeness (QED) is 0.871. The third-order valence-corrected chi connectivity index (χ3v) is 4.05. The van der Waals surface area contributed by atoms with Crippen LogP contribution in [0.3, 0.4) is 0 Å². The number of rotatable bonds is 6. The van der Waals surface area contributed by atoms with Crippen molar-refractivity contribution in [3.8, 4) is 5.75 Å². The zero-order valence-corrected chi connectivity index (χ0v) is 14.3. The number of hydrogen-bond donors (Lipinski definition) is 1. The van der Waals surface area contributed by atoms with Gasteiger partial charge in [-0.1, -0.05) is 48.9 Å². The van der Waals surface area contributed by atoms with Gasteiger partial charge in [-0.25, -0.2) is 0 Å². The molecule has 0 aliphatic carbocycles. The SMILES string of the molecule is CCC(NC(=O)Cc1ccc(OC)c(C)c1)c1ccc(C)cc1. The minimum absolute atomic E-state index is 0.0435. The van der Waals surface area contributed by atoms with Crippen LogP contribution in [0.2, 0.25) is 0 Å². The first-order valence-corrected chi connectivity index (χ1v) is 8.03. The number of amides is 1. The molecular weight excluding hydrogens is 286 g/mol. The standard InChI is InChI=1S/C20H25NO2/c1-5-18(17-9-6-14(2)7-10-17)21-20(22)13-16-8-11-19(23-4)15(3)12-16/h6-12,18H,5,13H2,1-4H3,(H,21,22). The van der Waals surface area contributed by atoms with E-state index in [1.807, 2.05) is 25.1 Å². The average Bonchev–Trinajstić information content (AvgIpc) is 2.54. The Bertz CT molecular complexity index is 662. The molecular formula is C20H25NO2. The van der Waals surface area contributed by atoms with Gasteiger partial charge in [0.05, 0.1) is 19.6 Å². The van der Waals surface area contributed by atoms with Crippen molar-refractivity contribution in [1.29, 1.82) is 0 Å². The van der Waals surface area contributed by atoms with Crippen LogP contribution in [0, 0.1) is 13.8 Å². The van der Waals surface area contributed by atoms with Crippen LogP contribution in [0.25, 0.3) is 0 Å². The second-order valence-corrected chi connectivity index (χ2v) is 5.92. The molecule has 0 spiro atoms. The molecule has 3 heteroatoms. The van der Waals surface area contributed by atoms with Crippen LogP contribution in [-0.4, -0.2) is 13.0 Å². The normalized spacial score (nSPS) is 11.8. The molecule has 0 radical (unpaired) electrons. The van der Waals surface area contributed by atoms with Gasteiger partial charge in [-0.2, -0.15) is 0 Å². The third-order valence-electron chi connectivity index (χ3n) is 4.05. The maximum absolute atomic E-state index is 12.3. The molecule has 1 unspecified atom stereocenters. The molecule has 1 atom stereocenters. The van der Waals surface area contributed by atoms with Gasteiger partial charge in [0.15, 0.2) is 0 Å². The first kappa shape index (κ1) is 17.1. The van der Waals surface area contributed by atoms with Crippen LogP contribution in [0.5, 0.6) is 5.75 Å². The van der Waals surface area contributed by atoms with E-state index in [4.69, 9.17) is 4.74 Å². The van der Waals surface area contributed by atoms with E-state index in [0.717, 1.165) is 28.9 Å². The van der Waals surface area contributed by atoms with E-state index in [2.05, 4.69) is 43.4 Å². The van der Waals surface area contributed by atoms with Crippen molar-refractivity contribution < 1.29 is 9.53 Å². The lowest BCUT2D eigenvalue weighted by Gasteiger charge is -2.18. The monoisotopic (exact) mass is 311 g/mol. The lowest BCUT2D eigenvalue weighted by molar-refractivity contribution is -0.121. The maximum atomic E-state index is 12.3. The molecule has 0 heterocycles. The number of nitrogens with one attached hydrogen (secondary N) is 1. The molecule has 3 nitrogen and oxygen atoms in total. The Hall–Kier alpha value is -2.29. The Morgan fingerprint density at radius 2 is 1.83 bits per heavy atom. The molecule has 2 aromatic rings. The molecule has 2 aromatic carbocycles.